The molecule has 1 aromatic heterocycles. The van der Waals surface area contributed by atoms with Crippen LogP contribution in [0.2, 0.25) is 0 Å². The summed E-state index contributed by atoms with van der Waals surface area (Å²) in [4.78, 5) is 15.3. The highest BCUT2D eigenvalue weighted by molar-refractivity contribution is 7.91. The molecule has 1 aliphatic rings. The van der Waals surface area contributed by atoms with E-state index < -0.39 is 10.0 Å². The highest BCUT2D eigenvalue weighted by Gasteiger charge is 2.30. The Hall–Kier alpha value is -1.70. The van der Waals surface area contributed by atoms with Gasteiger partial charge in [-0.3, -0.25) is 4.79 Å². The molecule has 0 spiro atoms. The molecule has 0 aliphatic carbocycles. The van der Waals surface area contributed by atoms with Crippen LogP contribution in [0, 0.1) is 20.8 Å². The number of hydrogen-bond acceptors (Lipinski definition) is 4. The van der Waals surface area contributed by atoms with Crippen LogP contribution in [0.4, 0.5) is 0 Å². The first kappa shape index (κ1) is 20.0. The van der Waals surface area contributed by atoms with Crippen LogP contribution < -0.4 is 0 Å². The fraction of sp³-hybridized carbons (Fsp3) is 0.450. The number of rotatable bonds is 5. The molecule has 1 amide bonds. The maximum Gasteiger partial charge on any atom is 0.252 e. The van der Waals surface area contributed by atoms with Crippen molar-refractivity contribution in [2.45, 2.75) is 37.8 Å². The molecule has 7 heteroatoms. The van der Waals surface area contributed by atoms with E-state index >= 15 is 0 Å². The third kappa shape index (κ3) is 4.59. The zero-order valence-electron chi connectivity index (χ0n) is 16.1. The van der Waals surface area contributed by atoms with E-state index in [9.17, 15) is 13.2 Å². The second kappa shape index (κ2) is 8.12. The largest absolute Gasteiger partial charge is 0.340 e. The van der Waals surface area contributed by atoms with E-state index in [0.29, 0.717) is 36.8 Å². The van der Waals surface area contributed by atoms with Crippen LogP contribution in [0.15, 0.2) is 34.5 Å². The quantitative estimate of drug-likeness (QED) is 0.766. The summed E-state index contributed by atoms with van der Waals surface area (Å²) in [5, 5.41) is 0. The van der Waals surface area contributed by atoms with Gasteiger partial charge in [-0.25, -0.2) is 8.42 Å². The lowest BCUT2D eigenvalue weighted by Gasteiger charge is -2.33. The van der Waals surface area contributed by atoms with Crippen LogP contribution in [-0.2, 0) is 21.2 Å². The van der Waals surface area contributed by atoms with Crippen molar-refractivity contribution in [3.8, 4) is 0 Å². The zero-order chi connectivity index (χ0) is 19.6. The number of aryl methyl sites for hydroxylation is 4. The van der Waals surface area contributed by atoms with E-state index in [1.807, 2.05) is 13.0 Å². The van der Waals surface area contributed by atoms with Crippen molar-refractivity contribution in [1.82, 2.24) is 9.21 Å². The van der Waals surface area contributed by atoms with Crippen LogP contribution >= 0.6 is 11.3 Å². The zero-order valence-corrected chi connectivity index (χ0v) is 17.7. The number of nitrogens with zero attached hydrogens (tertiary/aromatic N) is 2. The molecule has 1 fully saturated rings. The Morgan fingerprint density at radius 2 is 1.74 bits per heavy atom. The van der Waals surface area contributed by atoms with Crippen molar-refractivity contribution in [3.05, 3.63) is 51.9 Å². The number of hydrogen-bond donors (Lipinski definition) is 0. The van der Waals surface area contributed by atoms with Crippen LogP contribution in [0.1, 0.15) is 28.0 Å². The van der Waals surface area contributed by atoms with Crippen LogP contribution in [-0.4, -0.2) is 49.7 Å². The fourth-order valence-electron chi connectivity index (χ4n) is 3.38. The molecule has 146 valence electrons. The third-order valence-electron chi connectivity index (χ3n) is 5.01. The van der Waals surface area contributed by atoms with Gasteiger partial charge >= 0.3 is 0 Å². The van der Waals surface area contributed by atoms with Gasteiger partial charge in [0.15, 0.2) is 0 Å². The minimum absolute atomic E-state index is 0.0963. The second-order valence-electron chi connectivity index (χ2n) is 7.08. The molecule has 1 aromatic carbocycles. The number of benzene rings is 1. The molecule has 2 aromatic rings. The van der Waals surface area contributed by atoms with Gasteiger partial charge < -0.3 is 4.90 Å². The molecule has 3 rings (SSSR count). The minimum Gasteiger partial charge on any atom is -0.340 e. The Morgan fingerprint density at radius 1 is 1.04 bits per heavy atom. The Labute approximate surface area is 165 Å². The minimum atomic E-state index is -3.44. The number of carbonyl (C=O) groups is 1. The molecule has 1 aliphatic heterocycles. The van der Waals surface area contributed by atoms with E-state index in [2.05, 4.69) is 32.0 Å². The van der Waals surface area contributed by atoms with Gasteiger partial charge in [0.05, 0.1) is 0 Å². The first-order valence-electron chi connectivity index (χ1n) is 9.18. The number of amides is 1. The first-order valence-corrected chi connectivity index (χ1v) is 11.4. The average Bonchev–Trinajstić information content (AvgIpc) is 3.08. The molecule has 0 atom stereocenters. The van der Waals surface area contributed by atoms with Crippen molar-refractivity contribution in [3.63, 3.8) is 0 Å². The highest BCUT2D eigenvalue weighted by Crippen LogP contribution is 2.25. The van der Waals surface area contributed by atoms with Gasteiger partial charge in [-0.1, -0.05) is 23.8 Å². The van der Waals surface area contributed by atoms with Crippen molar-refractivity contribution in [2.75, 3.05) is 26.2 Å². The number of sulfonamides is 1. The Bertz CT molecular complexity index is 926. The fourth-order valence-corrected chi connectivity index (χ4v) is 6.24. The Kier molecular flexibility index (Phi) is 6.03. The summed E-state index contributed by atoms with van der Waals surface area (Å²) >= 11 is 1.29. The van der Waals surface area contributed by atoms with Crippen LogP contribution in [0.5, 0.6) is 0 Å². The van der Waals surface area contributed by atoms with E-state index in [0.717, 1.165) is 11.3 Å². The standard InChI is InChI=1S/C20H26N2O3S2/c1-15-4-6-18(16(2)14-15)7-8-19(23)21-10-12-22(13-11-21)27(24,25)20-9-5-17(3)26-20/h4-6,9,14H,7-8,10-13H2,1-3H3. The number of piperazine rings is 1. The molecule has 2 heterocycles. The predicted octanol–water partition coefficient (Wildman–Crippen LogP) is 3.14. The molecular formula is C20H26N2O3S2. The van der Waals surface area contributed by atoms with Crippen molar-refractivity contribution < 1.29 is 13.2 Å². The lowest BCUT2D eigenvalue weighted by Crippen LogP contribution is -2.50. The Morgan fingerprint density at radius 3 is 2.33 bits per heavy atom. The highest BCUT2D eigenvalue weighted by atomic mass is 32.2. The summed E-state index contributed by atoms with van der Waals surface area (Å²) in [7, 11) is -3.44. The van der Waals surface area contributed by atoms with Crippen LogP contribution in [0.25, 0.3) is 0 Å². The molecule has 0 radical (unpaired) electrons. The van der Waals surface area contributed by atoms with Gasteiger partial charge in [0.1, 0.15) is 4.21 Å². The average molecular weight is 407 g/mol. The summed E-state index contributed by atoms with van der Waals surface area (Å²) < 4.78 is 27.2. The van der Waals surface area contributed by atoms with Gasteiger partial charge in [0.2, 0.25) is 5.91 Å². The second-order valence-corrected chi connectivity index (χ2v) is 10.5. The molecule has 0 saturated carbocycles. The van der Waals surface area contributed by atoms with Crippen LogP contribution in [0.3, 0.4) is 0 Å². The molecule has 1 saturated heterocycles. The first-order chi connectivity index (χ1) is 12.8. The summed E-state index contributed by atoms with van der Waals surface area (Å²) in [6.45, 7) is 7.65. The third-order valence-corrected chi connectivity index (χ3v) is 8.37. The number of carbonyl (C=O) groups excluding carboxylic acids is 1. The maximum atomic E-state index is 12.7. The van der Waals surface area contributed by atoms with Crippen molar-refractivity contribution in [1.29, 1.82) is 0 Å². The van der Waals surface area contributed by atoms with Gasteiger partial charge in [-0.2, -0.15) is 4.31 Å². The maximum absolute atomic E-state index is 12.7. The molecular weight excluding hydrogens is 380 g/mol. The SMILES string of the molecule is Cc1ccc(CCC(=O)N2CCN(S(=O)(=O)c3ccc(C)s3)CC2)c(C)c1. The molecule has 0 bridgehead atoms. The smallest absolute Gasteiger partial charge is 0.252 e. The Balaban J connectivity index is 1.55. The summed E-state index contributed by atoms with van der Waals surface area (Å²) in [5.41, 5.74) is 3.63. The van der Waals surface area contributed by atoms with Gasteiger partial charge in [0, 0.05) is 37.5 Å². The lowest BCUT2D eigenvalue weighted by atomic mass is 10.0. The van der Waals surface area contributed by atoms with Gasteiger partial charge in [-0.15, -0.1) is 11.3 Å². The normalized spacial score (nSPS) is 15.9. The number of thiophene rings is 1. The summed E-state index contributed by atoms with van der Waals surface area (Å²) in [6.07, 6.45) is 1.18. The molecule has 0 N–H and O–H groups in total. The summed E-state index contributed by atoms with van der Waals surface area (Å²) in [6, 6.07) is 9.78. The monoisotopic (exact) mass is 406 g/mol. The summed E-state index contributed by atoms with van der Waals surface area (Å²) in [5.74, 6) is 0.0963. The van der Waals surface area contributed by atoms with E-state index in [4.69, 9.17) is 0 Å². The van der Waals surface area contributed by atoms with Gasteiger partial charge in [0.25, 0.3) is 10.0 Å². The molecule has 5 nitrogen and oxygen atoms in total. The predicted molar refractivity (Wildman–Crippen MR) is 109 cm³/mol. The molecule has 27 heavy (non-hydrogen) atoms. The van der Waals surface area contributed by atoms with Crippen molar-refractivity contribution >= 4 is 27.3 Å². The molecule has 0 unspecified atom stereocenters. The van der Waals surface area contributed by atoms with E-state index in [1.165, 1.54) is 32.3 Å². The van der Waals surface area contributed by atoms with Gasteiger partial charge in [-0.05, 0) is 50.5 Å². The van der Waals surface area contributed by atoms with E-state index in [1.54, 1.807) is 11.0 Å². The lowest BCUT2D eigenvalue weighted by molar-refractivity contribution is -0.132. The van der Waals surface area contributed by atoms with Crippen molar-refractivity contribution in [2.24, 2.45) is 0 Å². The van der Waals surface area contributed by atoms with E-state index in [-0.39, 0.29) is 5.91 Å². The topological polar surface area (TPSA) is 57.7 Å².